The Hall–Kier alpha value is -3.33. The van der Waals surface area contributed by atoms with E-state index in [1.807, 2.05) is 24.3 Å². The number of ether oxygens (including phenoxy) is 3. The molecule has 1 aromatic heterocycles. The Morgan fingerprint density at radius 2 is 1.75 bits per heavy atom. The first-order valence-corrected chi connectivity index (χ1v) is 11.4. The number of oxazole rings is 1. The van der Waals surface area contributed by atoms with E-state index >= 15 is 0 Å². The Morgan fingerprint density at radius 3 is 2.47 bits per heavy atom. The quantitative estimate of drug-likeness (QED) is 0.498. The van der Waals surface area contributed by atoms with E-state index < -0.39 is 10.8 Å². The van der Waals surface area contributed by atoms with Crippen LogP contribution in [0, 0.1) is 6.92 Å². The summed E-state index contributed by atoms with van der Waals surface area (Å²) in [7, 11) is 3.25. The minimum absolute atomic E-state index is 0.116. The van der Waals surface area contributed by atoms with Gasteiger partial charge in [0.2, 0.25) is 11.8 Å². The van der Waals surface area contributed by atoms with Crippen LogP contribution < -0.4 is 19.5 Å². The summed E-state index contributed by atoms with van der Waals surface area (Å²) in [6.45, 7) is 2.05. The topological polar surface area (TPSA) is 99.9 Å². The first-order chi connectivity index (χ1) is 15.4. The van der Waals surface area contributed by atoms with Gasteiger partial charge >= 0.3 is 0 Å². The summed E-state index contributed by atoms with van der Waals surface area (Å²) >= 11 is 0. The number of amides is 1. The van der Waals surface area contributed by atoms with Gasteiger partial charge in [-0.1, -0.05) is 18.2 Å². The van der Waals surface area contributed by atoms with Crippen molar-refractivity contribution in [3.63, 3.8) is 0 Å². The molecular weight excluding hydrogens is 432 g/mol. The number of para-hydroxylation sites is 1. The van der Waals surface area contributed by atoms with Gasteiger partial charge in [0.1, 0.15) is 17.3 Å². The molecule has 0 saturated heterocycles. The third-order valence-electron chi connectivity index (χ3n) is 4.78. The van der Waals surface area contributed by atoms with Gasteiger partial charge in [-0.25, -0.2) is 4.98 Å². The lowest BCUT2D eigenvalue weighted by Gasteiger charge is -2.09. The maximum Gasteiger partial charge on any atom is 0.232 e. The fraction of sp³-hybridized carbons (Fsp3) is 0.304. The van der Waals surface area contributed by atoms with Crippen LogP contribution in [0.25, 0.3) is 11.5 Å². The van der Waals surface area contributed by atoms with Crippen LogP contribution in [0.5, 0.6) is 17.2 Å². The second-order valence-corrected chi connectivity index (χ2v) is 8.37. The Kier molecular flexibility index (Phi) is 7.88. The molecule has 2 aromatic carbocycles. The number of nitrogens with one attached hydrogen (secondary N) is 1. The Labute approximate surface area is 189 Å². The molecule has 0 saturated carbocycles. The molecule has 0 aliphatic carbocycles. The number of hydrogen-bond acceptors (Lipinski definition) is 7. The number of benzene rings is 2. The summed E-state index contributed by atoms with van der Waals surface area (Å²) < 4.78 is 34.1. The molecule has 0 unspecified atom stereocenters. The second-order valence-electron chi connectivity index (χ2n) is 6.91. The number of aromatic nitrogens is 1. The third kappa shape index (κ3) is 5.67. The van der Waals surface area contributed by atoms with E-state index in [4.69, 9.17) is 18.6 Å². The van der Waals surface area contributed by atoms with E-state index in [9.17, 15) is 9.00 Å². The smallest absolute Gasteiger partial charge is 0.232 e. The van der Waals surface area contributed by atoms with Crippen LogP contribution >= 0.6 is 0 Å². The predicted molar refractivity (Wildman–Crippen MR) is 121 cm³/mol. The Morgan fingerprint density at radius 1 is 1.03 bits per heavy atom. The molecule has 0 spiro atoms. The normalized spacial score (nSPS) is 11.6. The number of rotatable bonds is 10. The van der Waals surface area contributed by atoms with Crippen LogP contribution in [0.4, 0.5) is 0 Å². The SMILES string of the molecule is COc1ccccc1CNC(=O)C[S@@](=O)Cc1nc(-c2ccc(OC)c(OC)c2)oc1C. The molecule has 3 rings (SSSR count). The molecule has 0 aliphatic heterocycles. The van der Waals surface area contributed by atoms with E-state index in [1.165, 1.54) is 0 Å². The molecule has 1 N–H and O–H groups in total. The standard InChI is InChI=1S/C23H26N2O6S/c1-15-18(25-23(31-15)16-9-10-20(29-3)21(11-16)30-4)13-32(27)14-22(26)24-12-17-7-5-6-8-19(17)28-2/h5-11H,12-14H2,1-4H3,(H,24,26)/t32-/m0/s1. The summed E-state index contributed by atoms with van der Waals surface area (Å²) in [5.74, 6) is 2.45. The average molecular weight is 459 g/mol. The van der Waals surface area contributed by atoms with Gasteiger partial charge in [-0.3, -0.25) is 9.00 Å². The maximum absolute atomic E-state index is 12.5. The molecule has 0 fully saturated rings. The minimum atomic E-state index is -1.44. The number of carbonyl (C=O) groups is 1. The number of aryl methyl sites for hydroxylation is 1. The Balaban J connectivity index is 1.61. The molecule has 1 amide bonds. The first kappa shape index (κ1) is 23.3. The zero-order valence-corrected chi connectivity index (χ0v) is 19.3. The molecule has 0 bridgehead atoms. The van der Waals surface area contributed by atoms with Gasteiger partial charge in [-0.15, -0.1) is 0 Å². The lowest BCUT2D eigenvalue weighted by atomic mass is 10.2. The number of carbonyl (C=O) groups excluding carboxylic acids is 1. The van der Waals surface area contributed by atoms with Crippen molar-refractivity contribution in [1.82, 2.24) is 10.3 Å². The van der Waals surface area contributed by atoms with Gasteiger partial charge in [0.25, 0.3) is 0 Å². The molecule has 9 heteroatoms. The van der Waals surface area contributed by atoms with Crippen molar-refractivity contribution in [3.8, 4) is 28.7 Å². The van der Waals surface area contributed by atoms with E-state index in [2.05, 4.69) is 10.3 Å². The van der Waals surface area contributed by atoms with E-state index in [1.54, 1.807) is 46.5 Å². The highest BCUT2D eigenvalue weighted by atomic mass is 32.2. The zero-order valence-electron chi connectivity index (χ0n) is 18.5. The second kappa shape index (κ2) is 10.8. The highest BCUT2D eigenvalue weighted by Gasteiger charge is 2.17. The minimum Gasteiger partial charge on any atom is -0.496 e. The maximum atomic E-state index is 12.5. The number of nitrogens with zero attached hydrogens (tertiary/aromatic N) is 1. The van der Waals surface area contributed by atoms with Gasteiger partial charge in [0, 0.05) is 28.5 Å². The van der Waals surface area contributed by atoms with Gasteiger partial charge in [0.15, 0.2) is 11.5 Å². The molecule has 8 nitrogen and oxygen atoms in total. The van der Waals surface area contributed by atoms with E-state index in [0.717, 1.165) is 5.56 Å². The van der Waals surface area contributed by atoms with Crippen LogP contribution in [-0.4, -0.2) is 42.2 Å². The largest absolute Gasteiger partial charge is 0.496 e. The highest BCUT2D eigenvalue weighted by molar-refractivity contribution is 7.84. The van der Waals surface area contributed by atoms with Gasteiger partial charge in [-0.2, -0.15) is 0 Å². The van der Waals surface area contributed by atoms with Gasteiger partial charge in [-0.05, 0) is 31.2 Å². The zero-order chi connectivity index (χ0) is 23.1. The molecule has 1 heterocycles. The molecule has 1 atom stereocenters. The van der Waals surface area contributed by atoms with Crippen molar-refractivity contribution in [2.24, 2.45) is 0 Å². The molecule has 0 aliphatic rings. The number of methoxy groups -OCH3 is 3. The van der Waals surface area contributed by atoms with Crippen LogP contribution in [-0.2, 0) is 27.9 Å². The summed E-state index contributed by atoms with van der Waals surface area (Å²) in [5.41, 5.74) is 2.10. The van der Waals surface area contributed by atoms with Gasteiger partial charge in [0.05, 0.1) is 32.8 Å². The van der Waals surface area contributed by atoms with E-state index in [-0.39, 0.29) is 17.4 Å². The average Bonchev–Trinajstić information content (AvgIpc) is 3.17. The molecule has 32 heavy (non-hydrogen) atoms. The van der Waals surface area contributed by atoms with Crippen LogP contribution in [0.15, 0.2) is 46.9 Å². The molecule has 0 radical (unpaired) electrons. The molecule has 3 aromatic rings. The van der Waals surface area contributed by atoms with Crippen molar-refractivity contribution < 1.29 is 27.6 Å². The molecular formula is C23H26N2O6S. The Bertz CT molecular complexity index is 1110. The molecule has 170 valence electrons. The van der Waals surface area contributed by atoms with E-state index in [0.29, 0.717) is 46.7 Å². The summed E-state index contributed by atoms with van der Waals surface area (Å²) in [5, 5.41) is 2.78. The number of hydrogen-bond donors (Lipinski definition) is 1. The van der Waals surface area contributed by atoms with Crippen molar-refractivity contribution in [1.29, 1.82) is 0 Å². The summed E-state index contributed by atoms with van der Waals surface area (Å²) in [6.07, 6.45) is 0. The fourth-order valence-corrected chi connectivity index (χ4v) is 4.17. The van der Waals surface area contributed by atoms with Crippen molar-refractivity contribution in [2.45, 2.75) is 19.2 Å². The monoisotopic (exact) mass is 458 g/mol. The van der Waals surface area contributed by atoms with Crippen LogP contribution in [0.2, 0.25) is 0 Å². The third-order valence-corrected chi connectivity index (χ3v) is 5.96. The van der Waals surface area contributed by atoms with Gasteiger partial charge < -0.3 is 23.9 Å². The van der Waals surface area contributed by atoms with Crippen LogP contribution in [0.1, 0.15) is 17.0 Å². The van der Waals surface area contributed by atoms with Crippen molar-refractivity contribution in [2.75, 3.05) is 27.1 Å². The predicted octanol–water partition coefficient (Wildman–Crippen LogP) is 3.24. The summed E-state index contributed by atoms with van der Waals surface area (Å²) in [6, 6.07) is 12.7. The lowest BCUT2D eigenvalue weighted by molar-refractivity contribution is -0.118. The highest BCUT2D eigenvalue weighted by Crippen LogP contribution is 2.32. The van der Waals surface area contributed by atoms with Crippen molar-refractivity contribution in [3.05, 3.63) is 59.5 Å². The van der Waals surface area contributed by atoms with Crippen LogP contribution in [0.3, 0.4) is 0 Å². The lowest BCUT2D eigenvalue weighted by Crippen LogP contribution is -2.28. The first-order valence-electron chi connectivity index (χ1n) is 9.87. The van der Waals surface area contributed by atoms with Crippen molar-refractivity contribution >= 4 is 16.7 Å². The fourth-order valence-electron chi connectivity index (χ4n) is 3.10. The summed E-state index contributed by atoms with van der Waals surface area (Å²) in [4.78, 5) is 16.7.